The van der Waals surface area contributed by atoms with E-state index in [1.165, 1.54) is 35.3 Å². The molecular formula is C21H25NO5S. The van der Waals surface area contributed by atoms with Gasteiger partial charge in [-0.25, -0.2) is 4.79 Å². The first kappa shape index (κ1) is 20.2. The highest BCUT2D eigenvalue weighted by molar-refractivity contribution is 7.14. The van der Waals surface area contributed by atoms with Gasteiger partial charge < -0.3 is 19.5 Å². The van der Waals surface area contributed by atoms with Crippen LogP contribution in [0.1, 0.15) is 46.3 Å². The second-order valence-electron chi connectivity index (χ2n) is 6.73. The molecule has 1 amide bonds. The zero-order chi connectivity index (χ0) is 20.1. The smallest absolute Gasteiger partial charge is 0.349 e. The zero-order valence-electron chi connectivity index (χ0n) is 16.4. The summed E-state index contributed by atoms with van der Waals surface area (Å²) in [7, 11) is 3.07. The highest BCUT2D eigenvalue weighted by Crippen LogP contribution is 2.31. The minimum Gasteiger partial charge on any atom is -0.493 e. The van der Waals surface area contributed by atoms with Gasteiger partial charge in [-0.1, -0.05) is 6.42 Å². The maximum atomic E-state index is 12.5. The van der Waals surface area contributed by atoms with E-state index in [2.05, 4.69) is 5.32 Å². The minimum absolute atomic E-state index is 0.404. The van der Waals surface area contributed by atoms with E-state index in [-0.39, 0.29) is 0 Å². The van der Waals surface area contributed by atoms with E-state index in [1.54, 1.807) is 32.2 Å². The number of rotatable bonds is 6. The fraction of sp³-hybridized carbons (Fsp3) is 0.429. The minimum atomic E-state index is -0.914. The zero-order valence-corrected chi connectivity index (χ0v) is 17.2. The number of amides is 1. The first-order chi connectivity index (χ1) is 13.5. The molecule has 0 aliphatic heterocycles. The average Bonchev–Trinajstić information content (AvgIpc) is 2.98. The van der Waals surface area contributed by atoms with Crippen LogP contribution >= 0.6 is 11.3 Å². The number of thiophene rings is 1. The number of hydrogen-bond acceptors (Lipinski definition) is 6. The lowest BCUT2D eigenvalue weighted by Gasteiger charge is -2.14. The molecule has 1 N–H and O–H groups in total. The fourth-order valence-electron chi connectivity index (χ4n) is 3.20. The average molecular weight is 404 g/mol. The molecule has 1 atom stereocenters. The van der Waals surface area contributed by atoms with Crippen LogP contribution in [-0.4, -0.2) is 32.2 Å². The molecule has 0 unspecified atom stereocenters. The molecule has 0 saturated carbocycles. The van der Waals surface area contributed by atoms with E-state index in [4.69, 9.17) is 14.2 Å². The number of esters is 1. The molecule has 28 heavy (non-hydrogen) atoms. The van der Waals surface area contributed by atoms with Crippen LogP contribution in [0, 0.1) is 0 Å². The number of carbonyl (C=O) groups is 2. The second-order valence-corrected chi connectivity index (χ2v) is 7.86. The number of nitrogens with one attached hydrogen (secondary N) is 1. The van der Waals surface area contributed by atoms with Gasteiger partial charge in [0.2, 0.25) is 0 Å². The van der Waals surface area contributed by atoms with Crippen molar-refractivity contribution in [3.8, 4) is 11.5 Å². The molecule has 1 aliphatic carbocycles. The summed E-state index contributed by atoms with van der Waals surface area (Å²) in [5.41, 5.74) is 1.78. The van der Waals surface area contributed by atoms with Gasteiger partial charge in [0.05, 0.1) is 14.2 Å². The summed E-state index contributed by atoms with van der Waals surface area (Å²) in [4.78, 5) is 26.7. The van der Waals surface area contributed by atoms with Gasteiger partial charge in [-0.2, -0.15) is 0 Å². The van der Waals surface area contributed by atoms with Crippen molar-refractivity contribution in [3.63, 3.8) is 0 Å². The molecule has 2 aromatic rings. The summed E-state index contributed by atoms with van der Waals surface area (Å²) in [5.74, 6) is 0.217. The molecule has 7 heteroatoms. The third-order valence-corrected chi connectivity index (χ3v) is 5.97. The van der Waals surface area contributed by atoms with Gasteiger partial charge in [0.15, 0.2) is 17.6 Å². The Labute approximate surface area is 168 Å². The van der Waals surface area contributed by atoms with E-state index in [1.807, 2.05) is 6.07 Å². The third kappa shape index (κ3) is 4.65. The Balaban J connectivity index is 1.61. The maximum absolute atomic E-state index is 12.5. The Bertz CT molecular complexity index is 837. The van der Waals surface area contributed by atoms with Gasteiger partial charge in [-0.05, 0) is 56.4 Å². The number of carbonyl (C=O) groups excluding carboxylic acids is 2. The molecule has 0 radical (unpaired) electrons. The van der Waals surface area contributed by atoms with Crippen molar-refractivity contribution in [3.05, 3.63) is 39.6 Å². The molecule has 0 fully saturated rings. The SMILES string of the molecule is COc1ccc(NC(=O)[C@@H](C)OC(=O)c2cc3c(s2)CCCCC3)cc1OC. The molecule has 3 rings (SSSR count). The van der Waals surface area contributed by atoms with Crippen molar-refractivity contribution in [1.82, 2.24) is 0 Å². The predicted octanol–water partition coefficient (Wildman–Crippen LogP) is 4.22. The van der Waals surface area contributed by atoms with Crippen molar-refractivity contribution in [2.75, 3.05) is 19.5 Å². The Morgan fingerprint density at radius 1 is 1.04 bits per heavy atom. The number of ether oxygens (including phenoxy) is 3. The fourth-order valence-corrected chi connectivity index (χ4v) is 4.33. The predicted molar refractivity (Wildman–Crippen MR) is 109 cm³/mol. The van der Waals surface area contributed by atoms with Gasteiger partial charge in [0.25, 0.3) is 5.91 Å². The molecule has 1 aromatic heterocycles. The number of fused-ring (bicyclic) bond motifs is 1. The number of hydrogen-bond donors (Lipinski definition) is 1. The lowest BCUT2D eigenvalue weighted by molar-refractivity contribution is -0.123. The van der Waals surface area contributed by atoms with Crippen molar-refractivity contribution >= 4 is 28.9 Å². The number of benzene rings is 1. The van der Waals surface area contributed by atoms with Gasteiger partial charge in [-0.3, -0.25) is 4.79 Å². The van der Waals surface area contributed by atoms with E-state index >= 15 is 0 Å². The summed E-state index contributed by atoms with van der Waals surface area (Å²) in [5, 5.41) is 2.73. The Hall–Kier alpha value is -2.54. The maximum Gasteiger partial charge on any atom is 0.349 e. The van der Waals surface area contributed by atoms with E-state index in [0.29, 0.717) is 22.1 Å². The monoisotopic (exact) mass is 403 g/mol. The third-order valence-electron chi connectivity index (χ3n) is 4.75. The van der Waals surface area contributed by atoms with Gasteiger partial charge in [0, 0.05) is 16.6 Å². The van der Waals surface area contributed by atoms with Crippen LogP contribution < -0.4 is 14.8 Å². The van der Waals surface area contributed by atoms with Crippen LogP contribution in [0.25, 0.3) is 0 Å². The summed E-state index contributed by atoms with van der Waals surface area (Å²) >= 11 is 1.49. The van der Waals surface area contributed by atoms with Crippen molar-refractivity contribution in [1.29, 1.82) is 0 Å². The molecule has 1 aliphatic rings. The van der Waals surface area contributed by atoms with E-state index < -0.39 is 18.0 Å². The molecule has 150 valence electrons. The van der Waals surface area contributed by atoms with Crippen LogP contribution in [0.2, 0.25) is 0 Å². The van der Waals surface area contributed by atoms with Gasteiger partial charge in [-0.15, -0.1) is 11.3 Å². The summed E-state index contributed by atoms with van der Waals surface area (Å²) in [6.45, 7) is 1.56. The first-order valence-electron chi connectivity index (χ1n) is 9.37. The Kier molecular flexibility index (Phi) is 6.57. The van der Waals surface area contributed by atoms with Crippen LogP contribution in [0.4, 0.5) is 5.69 Å². The quantitative estimate of drug-likeness (QED) is 0.577. The molecule has 0 saturated heterocycles. The molecule has 1 aromatic carbocycles. The number of anilines is 1. The highest BCUT2D eigenvalue weighted by Gasteiger charge is 2.22. The lowest BCUT2D eigenvalue weighted by Crippen LogP contribution is -2.29. The Morgan fingerprint density at radius 2 is 1.79 bits per heavy atom. The number of methoxy groups -OCH3 is 2. The van der Waals surface area contributed by atoms with Gasteiger partial charge >= 0.3 is 5.97 Å². The van der Waals surface area contributed by atoms with E-state index in [9.17, 15) is 9.59 Å². The summed E-state index contributed by atoms with van der Waals surface area (Å²) in [6.07, 6.45) is 4.66. The van der Waals surface area contributed by atoms with Crippen molar-refractivity contribution in [2.24, 2.45) is 0 Å². The molecule has 0 spiro atoms. The van der Waals surface area contributed by atoms with Crippen LogP contribution in [-0.2, 0) is 22.4 Å². The Morgan fingerprint density at radius 3 is 2.54 bits per heavy atom. The molecule has 0 bridgehead atoms. The van der Waals surface area contributed by atoms with Crippen molar-refractivity contribution < 1.29 is 23.8 Å². The standard InChI is InChI=1S/C21H25NO5S/c1-13(20(23)22-15-9-10-16(25-2)17(12-15)26-3)27-21(24)19-11-14-7-5-4-6-8-18(14)28-19/h9-13H,4-8H2,1-3H3,(H,22,23)/t13-/m1/s1. The van der Waals surface area contributed by atoms with Crippen LogP contribution in [0.15, 0.2) is 24.3 Å². The molecular weight excluding hydrogens is 378 g/mol. The normalized spacial score (nSPS) is 14.4. The van der Waals surface area contributed by atoms with Crippen LogP contribution in [0.5, 0.6) is 11.5 Å². The largest absolute Gasteiger partial charge is 0.493 e. The topological polar surface area (TPSA) is 73.9 Å². The van der Waals surface area contributed by atoms with Crippen LogP contribution in [0.3, 0.4) is 0 Å². The molecule has 1 heterocycles. The van der Waals surface area contributed by atoms with E-state index in [0.717, 1.165) is 25.7 Å². The van der Waals surface area contributed by atoms with Gasteiger partial charge in [0.1, 0.15) is 4.88 Å². The summed E-state index contributed by atoms with van der Waals surface area (Å²) in [6, 6.07) is 6.97. The lowest BCUT2D eigenvalue weighted by atomic mass is 10.1. The number of aryl methyl sites for hydroxylation is 2. The highest BCUT2D eigenvalue weighted by atomic mass is 32.1. The van der Waals surface area contributed by atoms with Crippen molar-refractivity contribution in [2.45, 2.75) is 45.1 Å². The summed E-state index contributed by atoms with van der Waals surface area (Å²) < 4.78 is 15.8. The first-order valence-corrected chi connectivity index (χ1v) is 10.2. The second kappa shape index (κ2) is 9.10. The molecule has 6 nitrogen and oxygen atoms in total.